The minimum Gasteiger partial charge on any atom is -0.303 e. The van der Waals surface area contributed by atoms with E-state index in [1.54, 1.807) is 23.1 Å². The molecule has 1 aromatic heterocycles. The summed E-state index contributed by atoms with van der Waals surface area (Å²) in [6, 6.07) is 6.81. The number of hydrogen-bond acceptors (Lipinski definition) is 5. The van der Waals surface area contributed by atoms with Crippen molar-refractivity contribution >= 4 is 5.69 Å². The summed E-state index contributed by atoms with van der Waals surface area (Å²) in [5, 5.41) is 18.5. The van der Waals surface area contributed by atoms with Gasteiger partial charge in [-0.3, -0.25) is 14.8 Å². The molecule has 2 rings (SSSR count). The van der Waals surface area contributed by atoms with Crippen molar-refractivity contribution in [1.29, 1.82) is 0 Å². The fourth-order valence-corrected chi connectivity index (χ4v) is 2.21. The van der Waals surface area contributed by atoms with E-state index in [1.807, 2.05) is 13.1 Å². The van der Waals surface area contributed by atoms with Crippen molar-refractivity contribution in [2.24, 2.45) is 7.05 Å². The van der Waals surface area contributed by atoms with Crippen LogP contribution in [0, 0.1) is 10.1 Å². The molecular weight excluding hydrogens is 270 g/mol. The van der Waals surface area contributed by atoms with E-state index in [0.29, 0.717) is 12.4 Å². The van der Waals surface area contributed by atoms with Crippen LogP contribution in [0.4, 0.5) is 5.69 Å². The third kappa shape index (κ3) is 4.09. The van der Waals surface area contributed by atoms with Crippen molar-refractivity contribution in [1.82, 2.24) is 20.1 Å². The fraction of sp³-hybridized carbons (Fsp3) is 0.429. The molecule has 0 saturated carbocycles. The van der Waals surface area contributed by atoms with E-state index in [-0.39, 0.29) is 16.7 Å². The van der Waals surface area contributed by atoms with Crippen LogP contribution < -0.4 is 5.32 Å². The lowest BCUT2D eigenvalue weighted by molar-refractivity contribution is -0.384. The highest BCUT2D eigenvalue weighted by Crippen LogP contribution is 2.23. The first-order valence-corrected chi connectivity index (χ1v) is 6.92. The summed E-state index contributed by atoms with van der Waals surface area (Å²) in [5.41, 5.74) is 1.04. The molecule has 112 valence electrons. The highest BCUT2D eigenvalue weighted by atomic mass is 16.6. The molecule has 1 unspecified atom stereocenters. The molecule has 0 aliphatic rings. The summed E-state index contributed by atoms with van der Waals surface area (Å²) < 4.78 is 1.65. The fourth-order valence-electron chi connectivity index (χ4n) is 2.21. The zero-order valence-electron chi connectivity index (χ0n) is 12.2. The number of nitrogens with one attached hydrogen (secondary N) is 1. The van der Waals surface area contributed by atoms with Gasteiger partial charge in [0.1, 0.15) is 6.33 Å². The standard InChI is InChI=1S/C14H19N5O2/c1-3-5-13(15-9-14-16-10-18(2)17-14)11-6-4-7-12(8-11)19(20)21/h4,6-8,10,13,15H,3,5,9H2,1-2H3. The van der Waals surface area contributed by atoms with Crippen LogP contribution in [-0.4, -0.2) is 19.7 Å². The average Bonchev–Trinajstić information content (AvgIpc) is 2.89. The molecule has 1 atom stereocenters. The van der Waals surface area contributed by atoms with E-state index in [0.717, 1.165) is 18.4 Å². The summed E-state index contributed by atoms with van der Waals surface area (Å²) in [5.74, 6) is 0.712. The number of aromatic nitrogens is 3. The van der Waals surface area contributed by atoms with Crippen LogP contribution in [0.1, 0.15) is 37.2 Å². The van der Waals surface area contributed by atoms with Gasteiger partial charge in [-0.05, 0) is 12.0 Å². The number of rotatable bonds is 7. The molecule has 0 bridgehead atoms. The van der Waals surface area contributed by atoms with Crippen molar-refractivity contribution in [2.75, 3.05) is 0 Å². The molecule has 1 N–H and O–H groups in total. The highest BCUT2D eigenvalue weighted by molar-refractivity contribution is 5.35. The normalized spacial score (nSPS) is 12.3. The molecular formula is C14H19N5O2. The van der Waals surface area contributed by atoms with Crippen LogP contribution in [0.2, 0.25) is 0 Å². The Labute approximate surface area is 123 Å². The molecule has 0 aliphatic heterocycles. The number of nitro groups is 1. The summed E-state index contributed by atoms with van der Waals surface area (Å²) in [6.45, 7) is 2.62. The molecule has 0 aliphatic carbocycles. The minimum absolute atomic E-state index is 0.0544. The van der Waals surface area contributed by atoms with Crippen molar-refractivity contribution in [3.05, 3.63) is 52.1 Å². The monoisotopic (exact) mass is 289 g/mol. The molecule has 0 fully saturated rings. The van der Waals surface area contributed by atoms with Crippen LogP contribution in [0.5, 0.6) is 0 Å². The summed E-state index contributed by atoms with van der Waals surface area (Å²) in [4.78, 5) is 14.7. The molecule has 7 heteroatoms. The van der Waals surface area contributed by atoms with E-state index < -0.39 is 0 Å². The number of non-ortho nitro benzene ring substituents is 1. The summed E-state index contributed by atoms with van der Waals surface area (Å²) >= 11 is 0. The van der Waals surface area contributed by atoms with Crippen LogP contribution >= 0.6 is 0 Å². The van der Waals surface area contributed by atoms with E-state index >= 15 is 0 Å². The largest absolute Gasteiger partial charge is 0.303 e. The molecule has 0 spiro atoms. The van der Waals surface area contributed by atoms with E-state index in [2.05, 4.69) is 22.3 Å². The Kier molecular flexibility index (Phi) is 4.99. The Morgan fingerprint density at radius 2 is 2.29 bits per heavy atom. The van der Waals surface area contributed by atoms with Crippen molar-refractivity contribution in [2.45, 2.75) is 32.4 Å². The predicted molar refractivity (Wildman–Crippen MR) is 78.6 cm³/mol. The van der Waals surface area contributed by atoms with Gasteiger partial charge >= 0.3 is 0 Å². The van der Waals surface area contributed by atoms with Crippen molar-refractivity contribution < 1.29 is 4.92 Å². The maximum Gasteiger partial charge on any atom is 0.269 e. The topological polar surface area (TPSA) is 85.9 Å². The van der Waals surface area contributed by atoms with Crippen molar-refractivity contribution in [3.8, 4) is 0 Å². The van der Waals surface area contributed by atoms with Gasteiger partial charge in [-0.15, -0.1) is 0 Å². The second kappa shape index (κ2) is 6.94. The SMILES string of the molecule is CCCC(NCc1ncn(C)n1)c1cccc([N+](=O)[O-])c1. The number of nitrogens with zero attached hydrogens (tertiary/aromatic N) is 4. The lowest BCUT2D eigenvalue weighted by Crippen LogP contribution is -2.21. The van der Waals surface area contributed by atoms with Gasteiger partial charge in [-0.2, -0.15) is 5.10 Å². The average molecular weight is 289 g/mol. The zero-order chi connectivity index (χ0) is 15.2. The minimum atomic E-state index is -0.368. The molecule has 1 aromatic carbocycles. The van der Waals surface area contributed by atoms with Gasteiger partial charge in [0.15, 0.2) is 5.82 Å². The lowest BCUT2D eigenvalue weighted by atomic mass is 10.0. The molecule has 0 amide bonds. The number of nitro benzene ring substituents is 1. The van der Waals surface area contributed by atoms with Gasteiger partial charge in [-0.1, -0.05) is 25.5 Å². The number of benzene rings is 1. The molecule has 1 heterocycles. The molecule has 7 nitrogen and oxygen atoms in total. The van der Waals surface area contributed by atoms with Gasteiger partial charge in [0.05, 0.1) is 11.5 Å². The third-order valence-electron chi connectivity index (χ3n) is 3.21. The molecule has 2 aromatic rings. The van der Waals surface area contributed by atoms with Crippen LogP contribution in [0.15, 0.2) is 30.6 Å². The van der Waals surface area contributed by atoms with Gasteiger partial charge in [0.25, 0.3) is 5.69 Å². The Bertz CT molecular complexity index is 611. The van der Waals surface area contributed by atoms with E-state index in [4.69, 9.17) is 0 Å². The molecule has 21 heavy (non-hydrogen) atoms. The van der Waals surface area contributed by atoms with Crippen LogP contribution in [0.25, 0.3) is 0 Å². The zero-order valence-corrected chi connectivity index (χ0v) is 12.2. The van der Waals surface area contributed by atoms with Crippen LogP contribution in [-0.2, 0) is 13.6 Å². The quantitative estimate of drug-likeness (QED) is 0.624. The second-order valence-corrected chi connectivity index (χ2v) is 4.91. The van der Waals surface area contributed by atoms with Gasteiger partial charge in [0, 0.05) is 25.2 Å². The first-order valence-electron chi connectivity index (χ1n) is 6.92. The Morgan fingerprint density at radius 3 is 2.90 bits per heavy atom. The predicted octanol–water partition coefficient (Wildman–Crippen LogP) is 2.35. The van der Waals surface area contributed by atoms with Crippen LogP contribution in [0.3, 0.4) is 0 Å². The molecule has 0 saturated heterocycles. The van der Waals surface area contributed by atoms with Gasteiger partial charge < -0.3 is 5.32 Å². The summed E-state index contributed by atoms with van der Waals surface area (Å²) in [6.07, 6.45) is 3.53. The lowest BCUT2D eigenvalue weighted by Gasteiger charge is -2.17. The number of hydrogen-bond donors (Lipinski definition) is 1. The maximum atomic E-state index is 10.9. The van der Waals surface area contributed by atoms with E-state index in [9.17, 15) is 10.1 Å². The highest BCUT2D eigenvalue weighted by Gasteiger charge is 2.14. The maximum absolute atomic E-state index is 10.9. The first kappa shape index (κ1) is 15.1. The van der Waals surface area contributed by atoms with Crippen molar-refractivity contribution in [3.63, 3.8) is 0 Å². The third-order valence-corrected chi connectivity index (χ3v) is 3.21. The smallest absolute Gasteiger partial charge is 0.269 e. The second-order valence-electron chi connectivity index (χ2n) is 4.91. The Balaban J connectivity index is 2.10. The first-order chi connectivity index (χ1) is 10.1. The summed E-state index contributed by atoms with van der Waals surface area (Å²) in [7, 11) is 1.82. The van der Waals surface area contributed by atoms with Gasteiger partial charge in [-0.25, -0.2) is 4.98 Å². The molecule has 0 radical (unpaired) electrons. The Morgan fingerprint density at radius 1 is 1.48 bits per heavy atom. The Hall–Kier alpha value is -2.28. The van der Waals surface area contributed by atoms with Gasteiger partial charge in [0.2, 0.25) is 0 Å². The number of aryl methyl sites for hydroxylation is 1. The van der Waals surface area contributed by atoms with E-state index in [1.165, 1.54) is 6.07 Å².